The maximum atomic E-state index is 11.3. The minimum Gasteiger partial charge on any atom is -0.307 e. The highest BCUT2D eigenvalue weighted by Crippen LogP contribution is 2.12. The first-order valence-corrected chi connectivity index (χ1v) is 9.49. The zero-order valence-electron chi connectivity index (χ0n) is 12.7. The molecule has 0 aromatic rings. The van der Waals surface area contributed by atoms with E-state index in [1.54, 1.807) is 38.0 Å². The van der Waals surface area contributed by atoms with E-state index in [-0.39, 0.29) is 13.1 Å². The number of rotatable bonds is 9. The van der Waals surface area contributed by atoms with Gasteiger partial charge in [0, 0.05) is 13.1 Å². The number of hydrogen-bond donors (Lipinski definition) is 0. The van der Waals surface area contributed by atoms with Gasteiger partial charge >= 0.3 is 0 Å². The summed E-state index contributed by atoms with van der Waals surface area (Å²) in [5.74, 6) is 0. The second kappa shape index (κ2) is 7.66. The Balaban J connectivity index is 5.25. The van der Waals surface area contributed by atoms with Crippen molar-refractivity contribution in [3.8, 4) is 0 Å². The molecule has 0 radical (unpaired) electrons. The van der Waals surface area contributed by atoms with Gasteiger partial charge in [0.25, 0.3) is 20.2 Å². The van der Waals surface area contributed by atoms with Crippen LogP contribution in [0.4, 0.5) is 0 Å². The van der Waals surface area contributed by atoms with Crippen LogP contribution in [0.1, 0.15) is 0 Å². The van der Waals surface area contributed by atoms with Gasteiger partial charge in [-0.05, 0) is 28.2 Å². The zero-order valence-corrected chi connectivity index (χ0v) is 14.4. The Kier molecular flexibility index (Phi) is 7.56. The SMILES string of the molecule is CN(C)C[C@@H](OS(C)(=O)=O)[C@@H](CN(C)C)OS(C)(=O)=O. The van der Waals surface area contributed by atoms with Crippen molar-refractivity contribution in [2.75, 3.05) is 53.8 Å². The molecule has 0 heterocycles. The van der Waals surface area contributed by atoms with Crippen LogP contribution in [0.2, 0.25) is 0 Å². The van der Waals surface area contributed by atoms with Gasteiger partial charge in [0.15, 0.2) is 0 Å². The molecule has 0 rings (SSSR count). The number of nitrogens with zero attached hydrogens (tertiary/aromatic N) is 2. The molecule has 0 amide bonds. The topological polar surface area (TPSA) is 93.2 Å². The second-order valence-electron chi connectivity index (χ2n) is 5.20. The average Bonchev–Trinajstić information content (AvgIpc) is 2.09. The van der Waals surface area contributed by atoms with Crippen molar-refractivity contribution in [2.45, 2.75) is 12.2 Å². The number of likely N-dealkylation sites (N-methyl/N-ethyl adjacent to an activating group) is 2. The summed E-state index contributed by atoms with van der Waals surface area (Å²) in [5.41, 5.74) is 0. The van der Waals surface area contributed by atoms with Gasteiger partial charge in [-0.15, -0.1) is 0 Å². The molecule has 0 unspecified atom stereocenters. The van der Waals surface area contributed by atoms with E-state index in [0.29, 0.717) is 0 Å². The largest absolute Gasteiger partial charge is 0.307 e. The van der Waals surface area contributed by atoms with Crippen molar-refractivity contribution in [1.29, 1.82) is 0 Å². The quantitative estimate of drug-likeness (QED) is 0.486. The van der Waals surface area contributed by atoms with Crippen LogP contribution in [-0.2, 0) is 28.6 Å². The maximum absolute atomic E-state index is 11.3. The van der Waals surface area contributed by atoms with E-state index >= 15 is 0 Å². The Morgan fingerprint density at radius 3 is 1.15 bits per heavy atom. The van der Waals surface area contributed by atoms with E-state index in [1.165, 1.54) is 0 Å². The minimum atomic E-state index is -3.73. The Labute approximate surface area is 121 Å². The molecule has 0 aliphatic heterocycles. The van der Waals surface area contributed by atoms with E-state index in [9.17, 15) is 16.8 Å². The molecule has 0 aromatic heterocycles. The molecule has 0 spiro atoms. The van der Waals surface area contributed by atoms with E-state index in [1.807, 2.05) is 0 Å². The van der Waals surface area contributed by atoms with E-state index in [2.05, 4.69) is 0 Å². The monoisotopic (exact) mass is 332 g/mol. The first-order chi connectivity index (χ1) is 8.80. The predicted octanol–water partition coefficient (Wildman–Crippen LogP) is -1.20. The molecule has 0 aliphatic rings. The Hall–Kier alpha value is -0.260. The van der Waals surface area contributed by atoms with Crippen LogP contribution in [0.15, 0.2) is 0 Å². The fraction of sp³-hybridized carbons (Fsp3) is 1.00. The molecule has 122 valence electrons. The third-order valence-electron chi connectivity index (χ3n) is 2.10. The maximum Gasteiger partial charge on any atom is 0.264 e. The Bertz CT molecular complexity index is 440. The van der Waals surface area contributed by atoms with Crippen molar-refractivity contribution in [2.24, 2.45) is 0 Å². The summed E-state index contributed by atoms with van der Waals surface area (Å²) in [5, 5.41) is 0. The van der Waals surface area contributed by atoms with Crippen LogP contribution < -0.4 is 0 Å². The van der Waals surface area contributed by atoms with Gasteiger partial charge in [0.05, 0.1) is 12.5 Å². The summed E-state index contributed by atoms with van der Waals surface area (Å²) in [6, 6.07) is 0. The molecule has 8 nitrogen and oxygen atoms in total. The van der Waals surface area contributed by atoms with E-state index < -0.39 is 32.4 Å². The van der Waals surface area contributed by atoms with Gasteiger partial charge in [-0.3, -0.25) is 8.37 Å². The van der Waals surface area contributed by atoms with Crippen LogP contribution >= 0.6 is 0 Å². The van der Waals surface area contributed by atoms with Gasteiger partial charge < -0.3 is 9.80 Å². The van der Waals surface area contributed by atoms with E-state index in [0.717, 1.165) is 12.5 Å². The highest BCUT2D eigenvalue weighted by Gasteiger charge is 2.30. The van der Waals surface area contributed by atoms with Crippen LogP contribution in [0.3, 0.4) is 0 Å². The molecular formula is C10H24N2O6S2. The summed E-state index contributed by atoms with van der Waals surface area (Å²) in [4.78, 5) is 3.40. The molecule has 0 saturated heterocycles. The zero-order chi connectivity index (χ0) is 16.1. The summed E-state index contributed by atoms with van der Waals surface area (Å²) in [6.45, 7) is 0.419. The normalized spacial score (nSPS) is 16.6. The third kappa shape index (κ3) is 10.5. The standard InChI is InChI=1S/C10H24N2O6S2/c1-11(2)7-9(17-19(5,13)14)10(8-12(3)4)18-20(6,15)16/h9-10H,7-8H2,1-6H3/t9-,10-/m1/s1. The Morgan fingerprint density at radius 1 is 0.750 bits per heavy atom. The van der Waals surface area contributed by atoms with Crippen LogP contribution in [0.25, 0.3) is 0 Å². The van der Waals surface area contributed by atoms with Crippen molar-refractivity contribution >= 4 is 20.2 Å². The first-order valence-electron chi connectivity index (χ1n) is 5.86. The molecule has 0 aliphatic carbocycles. The predicted molar refractivity (Wildman–Crippen MR) is 76.5 cm³/mol. The van der Waals surface area contributed by atoms with Crippen LogP contribution in [0.5, 0.6) is 0 Å². The molecule has 0 aromatic carbocycles. The molecule has 0 bridgehead atoms. The summed E-state index contributed by atoms with van der Waals surface area (Å²) in [6.07, 6.45) is 0.000283. The second-order valence-corrected chi connectivity index (χ2v) is 8.40. The molecule has 0 N–H and O–H groups in total. The van der Waals surface area contributed by atoms with Crippen molar-refractivity contribution in [3.05, 3.63) is 0 Å². The van der Waals surface area contributed by atoms with Crippen molar-refractivity contribution in [1.82, 2.24) is 9.80 Å². The third-order valence-corrected chi connectivity index (χ3v) is 3.30. The van der Waals surface area contributed by atoms with Gasteiger partial charge in [-0.1, -0.05) is 0 Å². The molecule has 2 atom stereocenters. The first kappa shape index (κ1) is 19.7. The Morgan fingerprint density at radius 2 is 1.00 bits per heavy atom. The molecular weight excluding hydrogens is 308 g/mol. The average molecular weight is 332 g/mol. The lowest BCUT2D eigenvalue weighted by atomic mass is 10.2. The van der Waals surface area contributed by atoms with Gasteiger partial charge in [-0.25, -0.2) is 0 Å². The van der Waals surface area contributed by atoms with Crippen LogP contribution in [-0.4, -0.2) is 92.6 Å². The molecule has 0 fully saturated rings. The fourth-order valence-electron chi connectivity index (χ4n) is 1.59. The smallest absolute Gasteiger partial charge is 0.264 e. The van der Waals surface area contributed by atoms with Gasteiger partial charge in [-0.2, -0.15) is 16.8 Å². The highest BCUT2D eigenvalue weighted by molar-refractivity contribution is 7.86. The highest BCUT2D eigenvalue weighted by atomic mass is 32.2. The van der Waals surface area contributed by atoms with Crippen molar-refractivity contribution in [3.63, 3.8) is 0 Å². The minimum absolute atomic E-state index is 0.209. The summed E-state index contributed by atoms with van der Waals surface area (Å²) < 4.78 is 55.2. The molecule has 20 heavy (non-hydrogen) atoms. The van der Waals surface area contributed by atoms with E-state index in [4.69, 9.17) is 8.37 Å². The lowest BCUT2D eigenvalue weighted by Gasteiger charge is -2.29. The summed E-state index contributed by atoms with van der Waals surface area (Å²) in [7, 11) is -0.539. The van der Waals surface area contributed by atoms with Crippen LogP contribution in [0, 0.1) is 0 Å². The lowest BCUT2D eigenvalue weighted by Crippen LogP contribution is -2.46. The van der Waals surface area contributed by atoms with Crippen molar-refractivity contribution < 1.29 is 25.2 Å². The van der Waals surface area contributed by atoms with Gasteiger partial charge in [0.1, 0.15) is 12.2 Å². The summed E-state index contributed by atoms with van der Waals surface area (Å²) >= 11 is 0. The molecule has 0 saturated carbocycles. The fourth-order valence-corrected chi connectivity index (χ4v) is 2.86. The molecule has 10 heteroatoms. The van der Waals surface area contributed by atoms with Gasteiger partial charge in [0.2, 0.25) is 0 Å². The lowest BCUT2D eigenvalue weighted by molar-refractivity contribution is 0.0320. The number of hydrogen-bond acceptors (Lipinski definition) is 8.